The van der Waals surface area contributed by atoms with Crippen LogP contribution >= 0.6 is 11.3 Å². The van der Waals surface area contributed by atoms with Gasteiger partial charge in [0.15, 0.2) is 17.4 Å². The molecular weight excluding hydrogens is 353 g/mol. The maximum absolute atomic E-state index is 14.9. The molecule has 1 heterocycles. The molecule has 0 saturated carbocycles. The number of carboxylic acid groups (broad SMARTS) is 1. The summed E-state index contributed by atoms with van der Waals surface area (Å²) < 4.78 is 47.5. The van der Waals surface area contributed by atoms with E-state index in [1.54, 1.807) is 0 Å². The largest absolute Gasteiger partial charge is 0.491 e. The molecule has 0 aliphatic carbocycles. The lowest BCUT2D eigenvalue weighted by Crippen LogP contribution is -2.01. The Bertz CT molecular complexity index is 1020. The Kier molecular flexibility index (Phi) is 4.26. The van der Waals surface area contributed by atoms with Crippen molar-refractivity contribution in [1.29, 1.82) is 0 Å². The van der Waals surface area contributed by atoms with Crippen LogP contribution in [0.2, 0.25) is 0 Å². The van der Waals surface area contributed by atoms with Crippen LogP contribution in [0.5, 0.6) is 5.75 Å². The molecule has 25 heavy (non-hydrogen) atoms. The molecule has 1 N–H and O–H groups in total. The Balaban J connectivity index is 2.50. The van der Waals surface area contributed by atoms with Gasteiger partial charge in [-0.2, -0.15) is 0 Å². The van der Waals surface area contributed by atoms with Gasteiger partial charge >= 0.3 is 5.97 Å². The predicted molar refractivity (Wildman–Crippen MR) is 90.7 cm³/mol. The van der Waals surface area contributed by atoms with Gasteiger partial charge in [-0.25, -0.2) is 18.0 Å². The summed E-state index contributed by atoms with van der Waals surface area (Å²) >= 11 is 0.811. The third kappa shape index (κ3) is 2.66. The van der Waals surface area contributed by atoms with Crippen LogP contribution in [0.3, 0.4) is 0 Å². The standard InChI is InChI=1S/C18H11F3O3S/c1-3-8-6-11(20)16(24-2)15(21)13(8)14-10-5-4-9(19)7-12(10)25-17(14)18(22)23/h3-7H,1H2,2H3,(H,22,23). The zero-order chi connectivity index (χ0) is 18.3. The summed E-state index contributed by atoms with van der Waals surface area (Å²) in [5.41, 5.74) is -0.0379. The molecule has 0 amide bonds. The van der Waals surface area contributed by atoms with Crippen LogP contribution in [0.4, 0.5) is 13.2 Å². The molecule has 0 unspecified atom stereocenters. The van der Waals surface area contributed by atoms with Crippen molar-refractivity contribution in [3.8, 4) is 16.9 Å². The van der Waals surface area contributed by atoms with Crippen LogP contribution in [0.15, 0.2) is 30.8 Å². The van der Waals surface area contributed by atoms with Gasteiger partial charge in [-0.3, -0.25) is 0 Å². The lowest BCUT2D eigenvalue weighted by atomic mass is 9.95. The Morgan fingerprint density at radius 2 is 1.96 bits per heavy atom. The molecule has 128 valence electrons. The van der Waals surface area contributed by atoms with Gasteiger partial charge in [0.2, 0.25) is 0 Å². The number of methoxy groups -OCH3 is 1. The third-order valence-corrected chi connectivity index (χ3v) is 4.87. The van der Waals surface area contributed by atoms with Gasteiger partial charge in [-0.05, 0) is 29.8 Å². The number of carboxylic acids is 1. The summed E-state index contributed by atoms with van der Waals surface area (Å²) in [5.74, 6) is -4.43. The second kappa shape index (κ2) is 6.25. The van der Waals surface area contributed by atoms with Gasteiger partial charge in [0, 0.05) is 21.2 Å². The highest BCUT2D eigenvalue weighted by Crippen LogP contribution is 2.44. The van der Waals surface area contributed by atoms with Gasteiger partial charge in [0.1, 0.15) is 10.7 Å². The van der Waals surface area contributed by atoms with E-state index in [-0.39, 0.29) is 21.6 Å². The van der Waals surface area contributed by atoms with Crippen LogP contribution in [-0.2, 0) is 0 Å². The van der Waals surface area contributed by atoms with Crippen LogP contribution in [0, 0.1) is 17.5 Å². The predicted octanol–water partition coefficient (Wildman–Crippen LogP) is 5.34. The molecule has 3 rings (SSSR count). The minimum Gasteiger partial charge on any atom is -0.491 e. The molecule has 3 aromatic rings. The first kappa shape index (κ1) is 17.0. The summed E-state index contributed by atoms with van der Waals surface area (Å²) in [7, 11) is 1.11. The Morgan fingerprint density at radius 1 is 1.24 bits per heavy atom. The quantitative estimate of drug-likeness (QED) is 0.680. The molecule has 1 aromatic heterocycles. The fraction of sp³-hybridized carbons (Fsp3) is 0.0556. The fourth-order valence-electron chi connectivity index (χ4n) is 2.69. The monoisotopic (exact) mass is 364 g/mol. The van der Waals surface area contributed by atoms with E-state index in [2.05, 4.69) is 6.58 Å². The molecule has 0 atom stereocenters. The van der Waals surface area contributed by atoms with E-state index in [0.717, 1.165) is 30.6 Å². The van der Waals surface area contributed by atoms with Crippen LogP contribution in [-0.4, -0.2) is 18.2 Å². The summed E-state index contributed by atoms with van der Waals surface area (Å²) in [4.78, 5) is 11.5. The molecule has 0 bridgehead atoms. The Hall–Kier alpha value is -2.80. The molecule has 0 aliphatic rings. The van der Waals surface area contributed by atoms with E-state index < -0.39 is 29.2 Å². The third-order valence-electron chi connectivity index (χ3n) is 3.73. The number of hydrogen-bond donors (Lipinski definition) is 1. The van der Waals surface area contributed by atoms with Crippen molar-refractivity contribution in [1.82, 2.24) is 0 Å². The van der Waals surface area contributed by atoms with Crippen molar-refractivity contribution in [2.24, 2.45) is 0 Å². The molecule has 2 aromatic carbocycles. The zero-order valence-corrected chi connectivity index (χ0v) is 13.7. The highest BCUT2D eigenvalue weighted by Gasteiger charge is 2.27. The minimum absolute atomic E-state index is 0.0400. The number of ether oxygens (including phenoxy) is 1. The fourth-order valence-corrected chi connectivity index (χ4v) is 3.76. The lowest BCUT2D eigenvalue weighted by Gasteiger charge is -2.13. The van der Waals surface area contributed by atoms with Crippen molar-refractivity contribution in [2.75, 3.05) is 7.11 Å². The van der Waals surface area contributed by atoms with Gasteiger partial charge in [-0.15, -0.1) is 11.3 Å². The normalized spacial score (nSPS) is 10.9. The second-order valence-corrected chi connectivity index (χ2v) is 6.18. The Labute approximate surface area is 144 Å². The average Bonchev–Trinajstić information content (AvgIpc) is 2.93. The maximum atomic E-state index is 14.9. The number of fused-ring (bicyclic) bond motifs is 1. The van der Waals surface area contributed by atoms with E-state index in [4.69, 9.17) is 4.74 Å². The number of thiophene rings is 1. The number of hydrogen-bond acceptors (Lipinski definition) is 3. The minimum atomic E-state index is -1.30. The summed E-state index contributed by atoms with van der Waals surface area (Å²) in [5, 5.41) is 9.84. The average molecular weight is 364 g/mol. The number of carbonyl (C=O) groups is 1. The molecule has 0 fully saturated rings. The van der Waals surface area contributed by atoms with Gasteiger partial charge < -0.3 is 9.84 Å². The summed E-state index contributed by atoms with van der Waals surface area (Å²) in [6.45, 7) is 3.53. The van der Waals surface area contributed by atoms with Gasteiger partial charge in [-0.1, -0.05) is 12.7 Å². The highest BCUT2D eigenvalue weighted by atomic mass is 32.1. The second-order valence-electron chi connectivity index (χ2n) is 5.13. The molecule has 0 aliphatic heterocycles. The van der Waals surface area contributed by atoms with Gasteiger partial charge in [0.05, 0.1) is 7.11 Å². The van der Waals surface area contributed by atoms with Crippen molar-refractivity contribution >= 4 is 33.5 Å². The van der Waals surface area contributed by atoms with Crippen LogP contribution in [0.25, 0.3) is 27.3 Å². The van der Waals surface area contributed by atoms with Gasteiger partial charge in [0.25, 0.3) is 0 Å². The molecule has 7 heteroatoms. The highest BCUT2D eigenvalue weighted by molar-refractivity contribution is 7.21. The number of rotatable bonds is 4. The smallest absolute Gasteiger partial charge is 0.346 e. The number of benzene rings is 2. The van der Waals surface area contributed by atoms with Crippen molar-refractivity contribution in [2.45, 2.75) is 0 Å². The molecule has 0 saturated heterocycles. The summed E-state index contributed by atoms with van der Waals surface area (Å²) in [6, 6.07) is 4.70. The molecular formula is C18H11F3O3S. The summed E-state index contributed by atoms with van der Waals surface area (Å²) in [6.07, 6.45) is 1.22. The van der Waals surface area contributed by atoms with E-state index >= 15 is 0 Å². The van der Waals surface area contributed by atoms with E-state index in [0.29, 0.717) is 10.1 Å². The number of halogens is 3. The molecule has 0 radical (unpaired) electrons. The zero-order valence-electron chi connectivity index (χ0n) is 12.9. The topological polar surface area (TPSA) is 46.5 Å². The van der Waals surface area contributed by atoms with E-state index in [1.807, 2.05) is 0 Å². The first-order valence-corrected chi connectivity index (χ1v) is 7.84. The SMILES string of the molecule is C=Cc1cc(F)c(OC)c(F)c1-c1c(C(=O)O)sc2cc(F)ccc12. The van der Waals surface area contributed by atoms with Crippen LogP contribution in [0.1, 0.15) is 15.2 Å². The van der Waals surface area contributed by atoms with Crippen LogP contribution < -0.4 is 4.74 Å². The first-order valence-electron chi connectivity index (χ1n) is 7.03. The molecule has 0 spiro atoms. The van der Waals surface area contributed by atoms with Crippen molar-refractivity contribution in [3.05, 3.63) is 58.7 Å². The lowest BCUT2D eigenvalue weighted by molar-refractivity contribution is 0.0703. The first-order chi connectivity index (χ1) is 11.9. The van der Waals surface area contributed by atoms with Crippen molar-refractivity contribution in [3.63, 3.8) is 0 Å². The number of aromatic carboxylic acids is 1. The maximum Gasteiger partial charge on any atom is 0.346 e. The Morgan fingerprint density at radius 3 is 2.56 bits per heavy atom. The van der Waals surface area contributed by atoms with E-state index in [1.165, 1.54) is 18.2 Å². The van der Waals surface area contributed by atoms with E-state index in [9.17, 15) is 23.1 Å². The van der Waals surface area contributed by atoms with Crippen molar-refractivity contribution < 1.29 is 27.8 Å². The molecule has 3 nitrogen and oxygen atoms in total.